The second-order valence-electron chi connectivity index (χ2n) is 6.63. The first-order valence-corrected chi connectivity index (χ1v) is 8.81. The van der Waals surface area contributed by atoms with Crippen LogP contribution in [0.3, 0.4) is 0 Å². The molecule has 0 bridgehead atoms. The SMILES string of the molecule is CCCCC1CCC(NC(=O)CCc2ccccc2N)CC1. The van der Waals surface area contributed by atoms with Crippen molar-refractivity contribution < 1.29 is 4.79 Å². The zero-order valence-corrected chi connectivity index (χ0v) is 13.8. The van der Waals surface area contributed by atoms with Gasteiger partial charge < -0.3 is 11.1 Å². The monoisotopic (exact) mass is 302 g/mol. The lowest BCUT2D eigenvalue weighted by atomic mass is 9.83. The van der Waals surface area contributed by atoms with Gasteiger partial charge in [0, 0.05) is 18.2 Å². The van der Waals surface area contributed by atoms with Crippen LogP contribution in [0, 0.1) is 5.92 Å². The molecule has 0 aliphatic heterocycles. The molecule has 1 aromatic rings. The molecule has 122 valence electrons. The third-order valence-electron chi connectivity index (χ3n) is 4.85. The summed E-state index contributed by atoms with van der Waals surface area (Å²) in [4.78, 5) is 12.1. The molecule has 0 unspecified atom stereocenters. The highest BCUT2D eigenvalue weighted by Gasteiger charge is 2.21. The van der Waals surface area contributed by atoms with E-state index in [1.54, 1.807) is 0 Å². The molecule has 3 nitrogen and oxygen atoms in total. The zero-order valence-electron chi connectivity index (χ0n) is 13.8. The van der Waals surface area contributed by atoms with E-state index in [4.69, 9.17) is 5.73 Å². The molecule has 1 amide bonds. The van der Waals surface area contributed by atoms with Crippen LogP contribution in [0.1, 0.15) is 63.9 Å². The van der Waals surface area contributed by atoms with Crippen molar-refractivity contribution >= 4 is 11.6 Å². The number of hydrogen-bond acceptors (Lipinski definition) is 2. The van der Waals surface area contributed by atoms with E-state index in [0.717, 1.165) is 36.4 Å². The molecule has 22 heavy (non-hydrogen) atoms. The number of nitrogens with one attached hydrogen (secondary N) is 1. The quantitative estimate of drug-likeness (QED) is 0.746. The normalized spacial score (nSPS) is 21.5. The van der Waals surface area contributed by atoms with Crippen molar-refractivity contribution in [1.29, 1.82) is 0 Å². The number of amides is 1. The lowest BCUT2D eigenvalue weighted by Gasteiger charge is -2.29. The van der Waals surface area contributed by atoms with Crippen LogP contribution in [0.15, 0.2) is 24.3 Å². The van der Waals surface area contributed by atoms with Gasteiger partial charge in [0.1, 0.15) is 0 Å². The zero-order chi connectivity index (χ0) is 15.8. The Morgan fingerprint density at radius 3 is 2.64 bits per heavy atom. The Labute approximate surface area is 134 Å². The molecule has 1 aliphatic carbocycles. The molecule has 1 aliphatic rings. The van der Waals surface area contributed by atoms with Crippen LogP contribution < -0.4 is 11.1 Å². The van der Waals surface area contributed by atoms with Crippen molar-refractivity contribution in [3.63, 3.8) is 0 Å². The maximum Gasteiger partial charge on any atom is 0.220 e. The Kier molecular flexibility index (Phi) is 6.75. The predicted molar refractivity (Wildman–Crippen MR) is 92.6 cm³/mol. The van der Waals surface area contributed by atoms with E-state index in [1.807, 2.05) is 24.3 Å². The van der Waals surface area contributed by atoms with Gasteiger partial charge in [-0.1, -0.05) is 44.4 Å². The summed E-state index contributed by atoms with van der Waals surface area (Å²) in [5, 5.41) is 3.21. The summed E-state index contributed by atoms with van der Waals surface area (Å²) in [7, 11) is 0. The standard InChI is InChI=1S/C19H30N2O/c1-2-3-6-15-9-12-17(13-10-15)21-19(22)14-11-16-7-4-5-8-18(16)20/h4-5,7-8,15,17H,2-3,6,9-14,20H2,1H3,(H,21,22). The van der Waals surface area contributed by atoms with Crippen molar-refractivity contribution in [3.05, 3.63) is 29.8 Å². The largest absolute Gasteiger partial charge is 0.399 e. The van der Waals surface area contributed by atoms with Gasteiger partial charge in [-0.2, -0.15) is 0 Å². The van der Waals surface area contributed by atoms with E-state index < -0.39 is 0 Å². The lowest BCUT2D eigenvalue weighted by Crippen LogP contribution is -2.37. The number of nitrogen functional groups attached to an aromatic ring is 1. The van der Waals surface area contributed by atoms with E-state index in [-0.39, 0.29) is 5.91 Å². The molecule has 1 aromatic carbocycles. The molecule has 0 spiro atoms. The molecule has 3 heteroatoms. The van der Waals surface area contributed by atoms with Gasteiger partial charge in [0.05, 0.1) is 0 Å². The molecule has 0 aromatic heterocycles. The number of nitrogens with two attached hydrogens (primary N) is 1. The van der Waals surface area contributed by atoms with Gasteiger partial charge in [-0.05, 0) is 49.7 Å². The number of unbranched alkanes of at least 4 members (excludes halogenated alkanes) is 1. The lowest BCUT2D eigenvalue weighted by molar-refractivity contribution is -0.122. The summed E-state index contributed by atoms with van der Waals surface area (Å²) >= 11 is 0. The van der Waals surface area contributed by atoms with Crippen LogP contribution in [0.4, 0.5) is 5.69 Å². The number of carbonyl (C=O) groups excluding carboxylic acids is 1. The summed E-state index contributed by atoms with van der Waals surface area (Å²) in [6.07, 6.45) is 10.1. The number of aryl methyl sites for hydroxylation is 1. The molecule has 1 fully saturated rings. The van der Waals surface area contributed by atoms with E-state index >= 15 is 0 Å². The maximum absolute atomic E-state index is 12.1. The minimum absolute atomic E-state index is 0.167. The number of anilines is 1. The van der Waals surface area contributed by atoms with Gasteiger partial charge in [0.15, 0.2) is 0 Å². The van der Waals surface area contributed by atoms with Gasteiger partial charge in [0.2, 0.25) is 5.91 Å². The number of para-hydroxylation sites is 1. The molecule has 0 atom stereocenters. The Morgan fingerprint density at radius 2 is 1.95 bits per heavy atom. The van der Waals surface area contributed by atoms with Gasteiger partial charge in [-0.25, -0.2) is 0 Å². The first-order valence-electron chi connectivity index (χ1n) is 8.81. The van der Waals surface area contributed by atoms with Gasteiger partial charge in [-0.15, -0.1) is 0 Å². The topological polar surface area (TPSA) is 55.1 Å². The Balaban J connectivity index is 1.67. The van der Waals surface area contributed by atoms with E-state index in [2.05, 4.69) is 12.2 Å². The smallest absolute Gasteiger partial charge is 0.220 e. The third kappa shape index (κ3) is 5.36. The molecule has 0 radical (unpaired) electrons. The van der Waals surface area contributed by atoms with E-state index in [9.17, 15) is 4.79 Å². The molecule has 3 N–H and O–H groups in total. The third-order valence-corrected chi connectivity index (χ3v) is 4.85. The van der Waals surface area contributed by atoms with Crippen LogP contribution in [-0.2, 0) is 11.2 Å². The Bertz CT molecular complexity index is 464. The average molecular weight is 302 g/mol. The summed E-state index contributed by atoms with van der Waals surface area (Å²) in [5.74, 6) is 1.05. The Hall–Kier alpha value is -1.51. The molecule has 0 saturated heterocycles. The highest BCUT2D eigenvalue weighted by Crippen LogP contribution is 2.28. The van der Waals surface area contributed by atoms with Crippen LogP contribution in [-0.4, -0.2) is 11.9 Å². The second-order valence-corrected chi connectivity index (χ2v) is 6.63. The van der Waals surface area contributed by atoms with E-state index in [1.165, 1.54) is 32.1 Å². The first-order chi connectivity index (χ1) is 10.7. The van der Waals surface area contributed by atoms with Gasteiger partial charge >= 0.3 is 0 Å². The number of rotatable bonds is 7. The van der Waals surface area contributed by atoms with Gasteiger partial charge in [0.25, 0.3) is 0 Å². The Morgan fingerprint density at radius 1 is 1.23 bits per heavy atom. The van der Waals surface area contributed by atoms with Crippen molar-refractivity contribution in [3.8, 4) is 0 Å². The molecule has 2 rings (SSSR count). The second kappa shape index (κ2) is 8.82. The number of benzene rings is 1. The van der Waals surface area contributed by atoms with Crippen LogP contribution >= 0.6 is 0 Å². The maximum atomic E-state index is 12.1. The summed E-state index contributed by atoms with van der Waals surface area (Å²) in [6, 6.07) is 8.18. The van der Waals surface area contributed by atoms with Crippen LogP contribution in [0.5, 0.6) is 0 Å². The fourth-order valence-corrected chi connectivity index (χ4v) is 3.40. The predicted octanol–water partition coefficient (Wildman–Crippen LogP) is 4.07. The minimum atomic E-state index is 0.167. The van der Waals surface area contributed by atoms with Crippen molar-refractivity contribution in [2.45, 2.75) is 70.8 Å². The highest BCUT2D eigenvalue weighted by atomic mass is 16.1. The number of carbonyl (C=O) groups is 1. The number of hydrogen-bond donors (Lipinski definition) is 2. The molecular formula is C19H30N2O. The molecule has 1 saturated carbocycles. The van der Waals surface area contributed by atoms with Crippen molar-refractivity contribution in [1.82, 2.24) is 5.32 Å². The summed E-state index contributed by atoms with van der Waals surface area (Å²) < 4.78 is 0. The fourth-order valence-electron chi connectivity index (χ4n) is 3.40. The first kappa shape index (κ1) is 16.9. The van der Waals surface area contributed by atoms with Crippen molar-refractivity contribution in [2.24, 2.45) is 5.92 Å². The summed E-state index contributed by atoms with van der Waals surface area (Å²) in [5.41, 5.74) is 7.77. The summed E-state index contributed by atoms with van der Waals surface area (Å²) in [6.45, 7) is 2.26. The van der Waals surface area contributed by atoms with Gasteiger partial charge in [-0.3, -0.25) is 4.79 Å². The van der Waals surface area contributed by atoms with Crippen LogP contribution in [0.2, 0.25) is 0 Å². The average Bonchev–Trinajstić information content (AvgIpc) is 2.53. The fraction of sp³-hybridized carbons (Fsp3) is 0.632. The van der Waals surface area contributed by atoms with Crippen molar-refractivity contribution in [2.75, 3.05) is 5.73 Å². The molecular weight excluding hydrogens is 272 g/mol. The molecule has 0 heterocycles. The highest BCUT2D eigenvalue weighted by molar-refractivity contribution is 5.76. The van der Waals surface area contributed by atoms with E-state index in [0.29, 0.717) is 12.5 Å². The minimum Gasteiger partial charge on any atom is -0.399 e. The van der Waals surface area contributed by atoms with Crippen LogP contribution in [0.25, 0.3) is 0 Å².